The largest absolute Gasteiger partial charge is 0.366 e. The van der Waals surface area contributed by atoms with Gasteiger partial charge >= 0.3 is 0 Å². The van der Waals surface area contributed by atoms with E-state index in [1.807, 2.05) is 4.90 Å². The molecule has 1 N–H and O–H groups in total. The number of amides is 1. The zero-order valence-corrected chi connectivity index (χ0v) is 14.5. The Morgan fingerprint density at radius 3 is 2.64 bits per heavy atom. The lowest BCUT2D eigenvalue weighted by Gasteiger charge is -2.18. The fourth-order valence-corrected chi connectivity index (χ4v) is 3.15. The molecule has 0 aliphatic carbocycles. The lowest BCUT2D eigenvalue weighted by atomic mass is 10.1. The molecule has 0 aromatic heterocycles. The van der Waals surface area contributed by atoms with Crippen LogP contribution in [-0.4, -0.2) is 23.9 Å². The van der Waals surface area contributed by atoms with E-state index in [0.717, 1.165) is 31.5 Å². The monoisotopic (exact) mass is 359 g/mol. The summed E-state index contributed by atoms with van der Waals surface area (Å²) in [6.45, 7) is 3.40. The minimum atomic E-state index is -0.435. The molecule has 0 unspecified atom stereocenters. The molecule has 130 valence electrons. The molecule has 3 rings (SSSR count). The van der Waals surface area contributed by atoms with Crippen LogP contribution in [0.15, 0.2) is 36.4 Å². The van der Waals surface area contributed by atoms with Crippen molar-refractivity contribution in [3.8, 4) is 0 Å². The van der Waals surface area contributed by atoms with Crippen LogP contribution in [0.5, 0.6) is 0 Å². The SMILES string of the molecule is Cc1c(Cl)cccc1NC(=O)c1ccc(N2CCCC2)c([N+](=O)[O-])c1. The van der Waals surface area contributed by atoms with Crippen molar-refractivity contribution in [2.45, 2.75) is 19.8 Å². The number of hydrogen-bond acceptors (Lipinski definition) is 4. The van der Waals surface area contributed by atoms with Crippen LogP contribution in [0.25, 0.3) is 0 Å². The summed E-state index contributed by atoms with van der Waals surface area (Å²) < 4.78 is 0. The van der Waals surface area contributed by atoms with E-state index in [4.69, 9.17) is 11.6 Å². The average Bonchev–Trinajstić information content (AvgIpc) is 3.12. The average molecular weight is 360 g/mol. The van der Waals surface area contributed by atoms with Crippen LogP contribution in [0, 0.1) is 17.0 Å². The molecule has 1 amide bonds. The van der Waals surface area contributed by atoms with E-state index < -0.39 is 10.8 Å². The molecule has 1 aliphatic rings. The minimum absolute atomic E-state index is 0.0441. The third-order valence-electron chi connectivity index (χ3n) is 4.40. The van der Waals surface area contributed by atoms with Gasteiger partial charge in [0, 0.05) is 35.4 Å². The number of nitrogens with zero attached hydrogens (tertiary/aromatic N) is 2. The van der Waals surface area contributed by atoms with E-state index >= 15 is 0 Å². The fraction of sp³-hybridized carbons (Fsp3) is 0.278. The third-order valence-corrected chi connectivity index (χ3v) is 4.81. The maximum Gasteiger partial charge on any atom is 0.293 e. The minimum Gasteiger partial charge on any atom is -0.366 e. The number of rotatable bonds is 4. The molecule has 25 heavy (non-hydrogen) atoms. The lowest BCUT2D eigenvalue weighted by molar-refractivity contribution is -0.384. The standard InChI is InChI=1S/C18H18ClN3O3/c1-12-14(19)5-4-6-15(12)20-18(23)13-7-8-16(17(11-13)22(24)25)21-9-2-3-10-21/h4-8,11H,2-3,9-10H2,1H3,(H,20,23). The molecule has 7 heteroatoms. The summed E-state index contributed by atoms with van der Waals surface area (Å²) in [4.78, 5) is 25.5. The van der Waals surface area contributed by atoms with Crippen LogP contribution >= 0.6 is 11.6 Å². The van der Waals surface area contributed by atoms with Crippen molar-refractivity contribution in [1.82, 2.24) is 0 Å². The van der Waals surface area contributed by atoms with Gasteiger partial charge in [-0.1, -0.05) is 17.7 Å². The van der Waals surface area contributed by atoms with E-state index in [1.165, 1.54) is 6.07 Å². The number of nitro groups is 1. The molecule has 0 atom stereocenters. The highest BCUT2D eigenvalue weighted by Crippen LogP contribution is 2.32. The first kappa shape index (κ1) is 17.2. The normalized spacial score (nSPS) is 13.8. The summed E-state index contributed by atoms with van der Waals surface area (Å²) >= 11 is 6.06. The lowest BCUT2D eigenvalue weighted by Crippen LogP contribution is -2.20. The maximum atomic E-state index is 12.5. The highest BCUT2D eigenvalue weighted by Gasteiger charge is 2.24. The van der Waals surface area contributed by atoms with Crippen LogP contribution in [0.1, 0.15) is 28.8 Å². The van der Waals surface area contributed by atoms with Gasteiger partial charge in [-0.2, -0.15) is 0 Å². The number of carbonyl (C=O) groups excluding carboxylic acids is 1. The van der Waals surface area contributed by atoms with Crippen molar-refractivity contribution in [3.05, 3.63) is 62.7 Å². The zero-order valence-electron chi connectivity index (χ0n) is 13.8. The molecular weight excluding hydrogens is 342 g/mol. The van der Waals surface area contributed by atoms with Crippen molar-refractivity contribution >= 4 is 34.6 Å². The molecule has 0 saturated carbocycles. The molecule has 0 bridgehead atoms. The Balaban J connectivity index is 1.89. The summed E-state index contributed by atoms with van der Waals surface area (Å²) in [5.41, 5.74) is 2.11. The highest BCUT2D eigenvalue weighted by atomic mass is 35.5. The zero-order chi connectivity index (χ0) is 18.0. The molecule has 0 radical (unpaired) electrons. The topological polar surface area (TPSA) is 75.5 Å². The smallest absolute Gasteiger partial charge is 0.293 e. The van der Waals surface area contributed by atoms with Crippen LogP contribution < -0.4 is 10.2 Å². The molecule has 1 heterocycles. The first-order valence-corrected chi connectivity index (χ1v) is 8.45. The number of anilines is 2. The van der Waals surface area contributed by atoms with Gasteiger partial charge in [0.25, 0.3) is 11.6 Å². The number of carbonyl (C=O) groups is 1. The maximum absolute atomic E-state index is 12.5. The van der Waals surface area contributed by atoms with Gasteiger partial charge in [0.2, 0.25) is 0 Å². The van der Waals surface area contributed by atoms with Gasteiger partial charge in [-0.05, 0) is 49.6 Å². The second-order valence-corrected chi connectivity index (χ2v) is 6.43. The van der Waals surface area contributed by atoms with Crippen molar-refractivity contribution in [2.75, 3.05) is 23.3 Å². The summed E-state index contributed by atoms with van der Waals surface area (Å²) in [6.07, 6.45) is 2.04. The first-order valence-electron chi connectivity index (χ1n) is 8.07. The van der Waals surface area contributed by atoms with Gasteiger partial charge < -0.3 is 10.2 Å². The van der Waals surface area contributed by atoms with Gasteiger partial charge in [0.15, 0.2) is 0 Å². The van der Waals surface area contributed by atoms with Crippen molar-refractivity contribution in [1.29, 1.82) is 0 Å². The Kier molecular flexibility index (Phi) is 4.90. The predicted molar refractivity (Wildman–Crippen MR) is 98.7 cm³/mol. The molecule has 6 nitrogen and oxygen atoms in total. The quantitative estimate of drug-likeness (QED) is 0.648. The highest BCUT2D eigenvalue weighted by molar-refractivity contribution is 6.31. The summed E-state index contributed by atoms with van der Waals surface area (Å²) in [5.74, 6) is -0.401. The first-order chi connectivity index (χ1) is 12.0. The number of halogens is 1. The Hall–Kier alpha value is -2.60. The van der Waals surface area contributed by atoms with Crippen molar-refractivity contribution in [3.63, 3.8) is 0 Å². The van der Waals surface area contributed by atoms with Gasteiger partial charge in [-0.3, -0.25) is 14.9 Å². The number of nitrogens with one attached hydrogen (secondary N) is 1. The van der Waals surface area contributed by atoms with Crippen LogP contribution in [0.3, 0.4) is 0 Å². The van der Waals surface area contributed by atoms with Crippen molar-refractivity contribution in [2.24, 2.45) is 0 Å². The van der Waals surface area contributed by atoms with E-state index in [9.17, 15) is 14.9 Å². The number of benzene rings is 2. The van der Waals surface area contributed by atoms with Gasteiger partial charge in [0.05, 0.1) is 4.92 Å². The molecule has 1 fully saturated rings. The Morgan fingerprint density at radius 1 is 1.24 bits per heavy atom. The van der Waals surface area contributed by atoms with Crippen LogP contribution in [0.4, 0.5) is 17.1 Å². The number of nitro benzene ring substituents is 1. The Morgan fingerprint density at radius 2 is 1.96 bits per heavy atom. The molecule has 2 aromatic rings. The molecular formula is C18H18ClN3O3. The molecule has 2 aromatic carbocycles. The van der Waals surface area contributed by atoms with Crippen molar-refractivity contribution < 1.29 is 9.72 Å². The number of hydrogen-bond donors (Lipinski definition) is 1. The van der Waals surface area contributed by atoms with E-state index in [-0.39, 0.29) is 11.3 Å². The van der Waals surface area contributed by atoms with E-state index in [0.29, 0.717) is 16.4 Å². The molecule has 1 aliphatic heterocycles. The van der Waals surface area contributed by atoms with Gasteiger partial charge in [0.1, 0.15) is 5.69 Å². The van der Waals surface area contributed by atoms with E-state index in [1.54, 1.807) is 37.3 Å². The Bertz CT molecular complexity index is 832. The van der Waals surface area contributed by atoms with Gasteiger partial charge in [-0.15, -0.1) is 0 Å². The van der Waals surface area contributed by atoms with Crippen LogP contribution in [-0.2, 0) is 0 Å². The second-order valence-electron chi connectivity index (χ2n) is 6.02. The predicted octanol–water partition coefficient (Wildman–Crippen LogP) is 4.41. The summed E-state index contributed by atoms with van der Waals surface area (Å²) in [6, 6.07) is 9.83. The van der Waals surface area contributed by atoms with Crippen LogP contribution in [0.2, 0.25) is 5.02 Å². The molecule has 0 spiro atoms. The summed E-state index contributed by atoms with van der Waals surface area (Å²) in [7, 11) is 0. The molecule has 1 saturated heterocycles. The fourth-order valence-electron chi connectivity index (χ4n) is 2.97. The second kappa shape index (κ2) is 7.11. The summed E-state index contributed by atoms with van der Waals surface area (Å²) in [5, 5.41) is 14.8. The van der Waals surface area contributed by atoms with E-state index in [2.05, 4.69) is 5.32 Å². The van der Waals surface area contributed by atoms with Gasteiger partial charge in [-0.25, -0.2) is 0 Å². The third kappa shape index (κ3) is 3.58. The Labute approximate surface area is 150 Å².